The molecule has 1 rings (SSSR count). The van der Waals surface area contributed by atoms with Crippen LogP contribution in [0.2, 0.25) is 0 Å². The molecule has 0 radical (unpaired) electrons. The summed E-state index contributed by atoms with van der Waals surface area (Å²) in [7, 11) is 1.23. The van der Waals surface area contributed by atoms with Gasteiger partial charge in [-0.2, -0.15) is 13.2 Å². The molecular weight excluding hydrogens is 277 g/mol. The number of pyridine rings is 1. The van der Waals surface area contributed by atoms with Crippen LogP contribution in [0.25, 0.3) is 0 Å². The molecule has 1 amide bonds. The van der Waals surface area contributed by atoms with Gasteiger partial charge < -0.3 is 9.47 Å². The van der Waals surface area contributed by atoms with E-state index in [1.165, 1.54) is 7.11 Å². The number of aromatic nitrogens is 1. The number of methoxy groups -OCH3 is 1. The molecule has 0 aliphatic carbocycles. The number of hydrogen-bond acceptors (Lipinski definition) is 4. The van der Waals surface area contributed by atoms with Gasteiger partial charge in [0.2, 0.25) is 5.88 Å². The smallest absolute Gasteiger partial charge is 0.417 e. The predicted molar refractivity (Wildman–Crippen MR) is 65.6 cm³/mol. The van der Waals surface area contributed by atoms with Gasteiger partial charge in [-0.1, -0.05) is 0 Å². The van der Waals surface area contributed by atoms with Crippen molar-refractivity contribution in [3.8, 4) is 5.88 Å². The molecule has 0 aliphatic rings. The van der Waals surface area contributed by atoms with Crippen LogP contribution in [-0.4, -0.2) is 23.8 Å². The fraction of sp³-hybridized carbons (Fsp3) is 0.500. The molecule has 112 valence electrons. The van der Waals surface area contributed by atoms with E-state index < -0.39 is 23.4 Å². The summed E-state index contributed by atoms with van der Waals surface area (Å²) in [4.78, 5) is 15.1. The van der Waals surface area contributed by atoms with Gasteiger partial charge in [0.15, 0.2) is 0 Å². The van der Waals surface area contributed by atoms with Crippen molar-refractivity contribution in [1.29, 1.82) is 0 Å². The Hall–Kier alpha value is -1.99. The lowest BCUT2D eigenvalue weighted by Crippen LogP contribution is -2.27. The Morgan fingerprint density at radius 1 is 1.30 bits per heavy atom. The number of nitrogens with one attached hydrogen (secondary N) is 1. The van der Waals surface area contributed by atoms with Crippen LogP contribution in [0.15, 0.2) is 12.3 Å². The first-order valence-corrected chi connectivity index (χ1v) is 5.64. The first-order valence-electron chi connectivity index (χ1n) is 5.64. The van der Waals surface area contributed by atoms with Gasteiger partial charge in [-0.05, 0) is 26.8 Å². The minimum absolute atomic E-state index is 0.135. The Morgan fingerprint density at radius 3 is 2.35 bits per heavy atom. The maximum absolute atomic E-state index is 12.6. The third-order valence-electron chi connectivity index (χ3n) is 2.01. The third kappa shape index (κ3) is 4.60. The molecule has 0 unspecified atom stereocenters. The highest BCUT2D eigenvalue weighted by Crippen LogP contribution is 2.33. The zero-order valence-electron chi connectivity index (χ0n) is 11.5. The number of carbonyl (C=O) groups excluding carboxylic acids is 1. The highest BCUT2D eigenvalue weighted by Gasteiger charge is 2.32. The molecular formula is C12H15F3N2O3. The second kappa shape index (κ2) is 5.56. The van der Waals surface area contributed by atoms with E-state index in [-0.39, 0.29) is 11.6 Å². The van der Waals surface area contributed by atoms with Gasteiger partial charge in [-0.3, -0.25) is 5.32 Å². The van der Waals surface area contributed by atoms with Crippen LogP contribution in [-0.2, 0) is 10.9 Å². The lowest BCUT2D eigenvalue weighted by Gasteiger charge is -2.20. The van der Waals surface area contributed by atoms with Crippen molar-refractivity contribution >= 4 is 11.8 Å². The molecule has 1 N–H and O–H groups in total. The summed E-state index contributed by atoms with van der Waals surface area (Å²) < 4.78 is 47.5. The summed E-state index contributed by atoms with van der Waals surface area (Å²) in [6, 6.07) is 0.732. The van der Waals surface area contributed by atoms with E-state index in [1.54, 1.807) is 20.8 Å². The van der Waals surface area contributed by atoms with Gasteiger partial charge in [0.05, 0.1) is 12.7 Å². The van der Waals surface area contributed by atoms with Crippen molar-refractivity contribution in [2.45, 2.75) is 32.5 Å². The molecule has 0 saturated carbocycles. The topological polar surface area (TPSA) is 60.5 Å². The molecule has 0 bridgehead atoms. The summed E-state index contributed by atoms with van der Waals surface area (Å²) in [5.74, 6) is -0.135. The summed E-state index contributed by atoms with van der Waals surface area (Å²) >= 11 is 0. The number of rotatable bonds is 2. The van der Waals surface area contributed by atoms with E-state index in [9.17, 15) is 18.0 Å². The van der Waals surface area contributed by atoms with Gasteiger partial charge in [0, 0.05) is 6.20 Å². The number of nitrogens with zero attached hydrogens (tertiary/aromatic N) is 1. The fourth-order valence-electron chi connectivity index (χ4n) is 1.27. The van der Waals surface area contributed by atoms with Crippen LogP contribution in [0, 0.1) is 0 Å². The molecule has 1 aromatic rings. The number of halogens is 3. The lowest BCUT2D eigenvalue weighted by atomic mass is 10.2. The quantitative estimate of drug-likeness (QED) is 0.906. The number of amides is 1. The van der Waals surface area contributed by atoms with Gasteiger partial charge >= 0.3 is 12.3 Å². The van der Waals surface area contributed by atoms with Crippen molar-refractivity contribution in [3.05, 3.63) is 17.8 Å². The maximum atomic E-state index is 12.6. The second-order valence-electron chi connectivity index (χ2n) is 4.91. The Kier molecular flexibility index (Phi) is 4.46. The van der Waals surface area contributed by atoms with E-state index in [1.807, 2.05) is 0 Å². The van der Waals surface area contributed by atoms with Crippen molar-refractivity contribution in [3.63, 3.8) is 0 Å². The minimum Gasteiger partial charge on any atom is -0.480 e. The number of ether oxygens (including phenoxy) is 2. The van der Waals surface area contributed by atoms with Crippen molar-refractivity contribution < 1.29 is 27.4 Å². The minimum atomic E-state index is -4.57. The van der Waals surface area contributed by atoms with E-state index in [2.05, 4.69) is 10.3 Å². The number of carbonyl (C=O) groups is 1. The molecule has 0 aliphatic heterocycles. The van der Waals surface area contributed by atoms with E-state index in [0.717, 1.165) is 6.07 Å². The van der Waals surface area contributed by atoms with Crippen LogP contribution < -0.4 is 10.1 Å². The lowest BCUT2D eigenvalue weighted by molar-refractivity contribution is -0.137. The Balaban J connectivity index is 3.00. The molecule has 0 saturated heterocycles. The molecule has 1 heterocycles. The largest absolute Gasteiger partial charge is 0.480 e. The van der Waals surface area contributed by atoms with E-state index in [0.29, 0.717) is 6.20 Å². The third-order valence-corrected chi connectivity index (χ3v) is 2.01. The molecule has 0 atom stereocenters. The standard InChI is InChI=1S/C12H15F3N2O3/c1-11(2,3)20-10(18)17-8-5-7(12(13,14)15)6-16-9(8)19-4/h5-6H,1-4H3,(H,17,18). The van der Waals surface area contributed by atoms with Crippen LogP contribution in [0.1, 0.15) is 26.3 Å². The van der Waals surface area contributed by atoms with Crippen molar-refractivity contribution in [2.24, 2.45) is 0 Å². The summed E-state index contributed by atoms with van der Waals surface area (Å²) in [5.41, 5.74) is -1.98. The van der Waals surface area contributed by atoms with Crippen LogP contribution >= 0.6 is 0 Å². The molecule has 0 spiro atoms. The van der Waals surface area contributed by atoms with E-state index >= 15 is 0 Å². The number of alkyl halides is 3. The summed E-state index contributed by atoms with van der Waals surface area (Å²) in [6.45, 7) is 4.90. The van der Waals surface area contributed by atoms with E-state index in [4.69, 9.17) is 9.47 Å². The molecule has 0 fully saturated rings. The highest BCUT2D eigenvalue weighted by atomic mass is 19.4. The average molecular weight is 292 g/mol. The van der Waals surface area contributed by atoms with Gasteiger partial charge in [-0.25, -0.2) is 9.78 Å². The van der Waals surface area contributed by atoms with Crippen molar-refractivity contribution in [2.75, 3.05) is 12.4 Å². The Labute approximate surface area is 114 Å². The summed E-state index contributed by atoms with van der Waals surface area (Å²) in [5, 5.41) is 2.18. The SMILES string of the molecule is COc1ncc(C(F)(F)F)cc1NC(=O)OC(C)(C)C. The van der Waals surface area contributed by atoms with Crippen molar-refractivity contribution in [1.82, 2.24) is 4.98 Å². The highest BCUT2D eigenvalue weighted by molar-refractivity contribution is 5.86. The summed E-state index contributed by atoms with van der Waals surface area (Å²) in [6.07, 6.45) is -4.83. The molecule has 20 heavy (non-hydrogen) atoms. The van der Waals surface area contributed by atoms with Crippen LogP contribution in [0.5, 0.6) is 5.88 Å². The normalized spacial score (nSPS) is 11.9. The fourth-order valence-corrected chi connectivity index (χ4v) is 1.27. The first kappa shape index (κ1) is 16.1. The Bertz CT molecular complexity index is 496. The Morgan fingerprint density at radius 2 is 1.90 bits per heavy atom. The first-order chi connectivity index (χ1) is 9.03. The van der Waals surface area contributed by atoms with Gasteiger partial charge in [-0.15, -0.1) is 0 Å². The molecule has 0 aromatic carbocycles. The zero-order valence-corrected chi connectivity index (χ0v) is 11.5. The second-order valence-corrected chi connectivity index (χ2v) is 4.91. The number of hydrogen-bond donors (Lipinski definition) is 1. The molecule has 5 nitrogen and oxygen atoms in total. The molecule has 8 heteroatoms. The van der Waals surface area contributed by atoms with Crippen LogP contribution in [0.4, 0.5) is 23.7 Å². The maximum Gasteiger partial charge on any atom is 0.417 e. The predicted octanol–water partition coefficient (Wildman–Crippen LogP) is 3.46. The van der Waals surface area contributed by atoms with Crippen LogP contribution in [0.3, 0.4) is 0 Å². The van der Waals surface area contributed by atoms with Gasteiger partial charge in [0.1, 0.15) is 11.3 Å². The zero-order chi connectivity index (χ0) is 15.6. The molecule has 1 aromatic heterocycles. The average Bonchev–Trinajstić information content (AvgIpc) is 2.24. The van der Waals surface area contributed by atoms with Gasteiger partial charge in [0.25, 0.3) is 0 Å². The monoisotopic (exact) mass is 292 g/mol. The number of anilines is 1.